The van der Waals surface area contributed by atoms with Gasteiger partial charge in [-0.1, -0.05) is 85.6 Å². The highest BCUT2D eigenvalue weighted by molar-refractivity contribution is 5.75. The fraction of sp³-hybridized carbons (Fsp3) is 0.280. The number of fused-ring (bicyclic) bond motifs is 1. The summed E-state index contributed by atoms with van der Waals surface area (Å²) in [5.74, 6) is 0. The highest BCUT2D eigenvalue weighted by Gasteiger charge is 2.49. The van der Waals surface area contributed by atoms with Gasteiger partial charge in [-0.05, 0) is 36.1 Å². The van der Waals surface area contributed by atoms with Gasteiger partial charge in [0.25, 0.3) is 0 Å². The van der Waals surface area contributed by atoms with Crippen molar-refractivity contribution in [1.82, 2.24) is 0 Å². The van der Waals surface area contributed by atoms with Crippen molar-refractivity contribution in [3.8, 4) is 0 Å². The summed E-state index contributed by atoms with van der Waals surface area (Å²) in [6.07, 6.45) is 5.08. The van der Waals surface area contributed by atoms with Gasteiger partial charge in [0.15, 0.2) is 0 Å². The van der Waals surface area contributed by atoms with Gasteiger partial charge in [0.2, 0.25) is 0 Å². The predicted octanol–water partition coefficient (Wildman–Crippen LogP) is 6.17. The molecule has 3 aromatic carbocycles. The summed E-state index contributed by atoms with van der Waals surface area (Å²) in [7, 11) is 0. The Hall–Kier alpha value is -2.74. The Bertz CT molecular complexity index is 898. The zero-order valence-electron chi connectivity index (χ0n) is 15.6. The lowest BCUT2D eigenvalue weighted by Gasteiger charge is -2.53. The Morgan fingerprint density at radius 3 is 2.15 bits per heavy atom. The highest BCUT2D eigenvalue weighted by atomic mass is 15.3. The number of nitrogens with one attached hydrogen (secondary N) is 1. The number of benzene rings is 3. The van der Waals surface area contributed by atoms with Crippen molar-refractivity contribution < 1.29 is 0 Å². The highest BCUT2D eigenvalue weighted by Crippen LogP contribution is 2.53. The van der Waals surface area contributed by atoms with Crippen LogP contribution in [0.2, 0.25) is 0 Å². The summed E-state index contributed by atoms with van der Waals surface area (Å²) < 4.78 is 0. The topological polar surface area (TPSA) is 15.3 Å². The van der Waals surface area contributed by atoms with E-state index in [4.69, 9.17) is 0 Å². The fourth-order valence-electron chi connectivity index (χ4n) is 5.11. The van der Waals surface area contributed by atoms with Crippen molar-refractivity contribution in [3.05, 3.63) is 96.1 Å². The third-order valence-corrected chi connectivity index (χ3v) is 6.36. The zero-order chi connectivity index (χ0) is 18.1. The predicted molar refractivity (Wildman–Crippen MR) is 113 cm³/mol. The number of para-hydroxylation sites is 2. The maximum absolute atomic E-state index is 3.92. The second kappa shape index (κ2) is 6.77. The van der Waals surface area contributed by atoms with Gasteiger partial charge in [-0.2, -0.15) is 0 Å². The molecule has 1 aliphatic carbocycles. The van der Waals surface area contributed by atoms with E-state index < -0.39 is 0 Å². The van der Waals surface area contributed by atoms with E-state index >= 15 is 0 Å². The lowest BCUT2D eigenvalue weighted by Crippen LogP contribution is -2.56. The number of hydrogen-bond donors (Lipinski definition) is 1. The molecule has 0 aromatic heterocycles. The number of anilines is 2. The normalized spacial score (nSPS) is 20.3. The van der Waals surface area contributed by atoms with Crippen LogP contribution in [0.3, 0.4) is 0 Å². The molecular formula is C25H26N2. The van der Waals surface area contributed by atoms with Gasteiger partial charge >= 0.3 is 0 Å². The summed E-state index contributed by atoms with van der Waals surface area (Å²) in [5, 5.41) is 3.92. The fourth-order valence-corrected chi connectivity index (χ4v) is 5.11. The van der Waals surface area contributed by atoms with Crippen LogP contribution in [0.4, 0.5) is 11.4 Å². The molecule has 136 valence electrons. The number of hydrogen-bond acceptors (Lipinski definition) is 2. The van der Waals surface area contributed by atoms with Crippen LogP contribution in [0.15, 0.2) is 84.9 Å². The molecule has 5 rings (SSSR count). The molecule has 0 saturated heterocycles. The third kappa shape index (κ3) is 2.80. The summed E-state index contributed by atoms with van der Waals surface area (Å²) in [6, 6.07) is 31.1. The molecule has 0 bridgehead atoms. The Kier molecular flexibility index (Phi) is 4.12. The maximum atomic E-state index is 3.92. The van der Waals surface area contributed by atoms with Crippen molar-refractivity contribution >= 4 is 11.4 Å². The summed E-state index contributed by atoms with van der Waals surface area (Å²) in [6.45, 7) is 0.961. The van der Waals surface area contributed by atoms with E-state index in [1.165, 1.54) is 48.2 Å². The van der Waals surface area contributed by atoms with E-state index in [1.54, 1.807) is 0 Å². The van der Waals surface area contributed by atoms with E-state index in [0.717, 1.165) is 6.54 Å². The van der Waals surface area contributed by atoms with Crippen LogP contribution in [0.1, 0.15) is 42.9 Å². The molecule has 1 N–H and O–H groups in total. The number of rotatable bonds is 3. The molecule has 1 unspecified atom stereocenters. The maximum Gasteiger partial charge on any atom is 0.0746 e. The number of nitrogens with zero attached hydrogens (tertiary/aromatic N) is 1. The van der Waals surface area contributed by atoms with Crippen LogP contribution < -0.4 is 10.2 Å². The molecule has 1 spiro atoms. The first-order valence-corrected chi connectivity index (χ1v) is 10.1. The van der Waals surface area contributed by atoms with E-state index in [9.17, 15) is 0 Å². The molecule has 1 saturated carbocycles. The summed E-state index contributed by atoms with van der Waals surface area (Å²) in [5.41, 5.74) is 5.50. The van der Waals surface area contributed by atoms with Crippen molar-refractivity contribution in [3.63, 3.8) is 0 Å². The van der Waals surface area contributed by atoms with E-state index in [-0.39, 0.29) is 5.54 Å². The largest absolute Gasteiger partial charge is 0.374 e. The lowest BCUT2D eigenvalue weighted by atomic mass is 9.79. The SMILES string of the molecule is c1ccc(CN2c3ccccc3NC(c3ccccc3)C23CCCC3)cc1. The average Bonchev–Trinajstić information content (AvgIpc) is 3.22. The molecule has 1 atom stereocenters. The van der Waals surface area contributed by atoms with Gasteiger partial charge in [0.1, 0.15) is 0 Å². The van der Waals surface area contributed by atoms with Gasteiger partial charge in [0.05, 0.1) is 23.0 Å². The van der Waals surface area contributed by atoms with Crippen molar-refractivity contribution in [2.75, 3.05) is 10.2 Å². The standard InChI is InChI=1S/C25H26N2/c1-3-11-20(12-4-1)19-27-23-16-8-7-15-22(23)26-24(21-13-5-2-6-14-21)25(27)17-9-10-18-25/h1-8,11-16,24,26H,9-10,17-19H2. The van der Waals surface area contributed by atoms with Gasteiger partial charge < -0.3 is 10.2 Å². The average molecular weight is 354 g/mol. The molecule has 3 aromatic rings. The van der Waals surface area contributed by atoms with E-state index in [0.29, 0.717) is 6.04 Å². The Morgan fingerprint density at radius 2 is 1.41 bits per heavy atom. The smallest absolute Gasteiger partial charge is 0.0746 e. The van der Waals surface area contributed by atoms with Gasteiger partial charge in [-0.3, -0.25) is 0 Å². The first-order valence-electron chi connectivity index (χ1n) is 10.1. The molecule has 1 fully saturated rings. The zero-order valence-corrected chi connectivity index (χ0v) is 15.6. The summed E-state index contributed by atoms with van der Waals surface area (Å²) >= 11 is 0. The molecule has 0 amide bonds. The minimum absolute atomic E-state index is 0.131. The minimum Gasteiger partial charge on any atom is -0.374 e. The second-order valence-corrected chi connectivity index (χ2v) is 7.89. The lowest BCUT2D eigenvalue weighted by molar-refractivity contribution is 0.331. The molecule has 2 heteroatoms. The van der Waals surface area contributed by atoms with Crippen LogP contribution in [0.5, 0.6) is 0 Å². The molecule has 2 aliphatic rings. The van der Waals surface area contributed by atoms with Crippen molar-refractivity contribution in [2.45, 2.75) is 43.8 Å². The molecule has 27 heavy (non-hydrogen) atoms. The van der Waals surface area contributed by atoms with Crippen LogP contribution in [0, 0.1) is 0 Å². The second-order valence-electron chi connectivity index (χ2n) is 7.89. The molecule has 2 nitrogen and oxygen atoms in total. The van der Waals surface area contributed by atoms with E-state index in [1.807, 2.05) is 0 Å². The Labute approximate surface area is 161 Å². The first kappa shape index (κ1) is 16.4. The molecule has 1 heterocycles. The first-order chi connectivity index (χ1) is 13.4. The van der Waals surface area contributed by atoms with Gasteiger partial charge in [-0.15, -0.1) is 0 Å². The third-order valence-electron chi connectivity index (χ3n) is 6.36. The minimum atomic E-state index is 0.131. The Balaban J connectivity index is 1.65. The Morgan fingerprint density at radius 1 is 0.778 bits per heavy atom. The van der Waals surface area contributed by atoms with Crippen LogP contribution in [-0.2, 0) is 6.54 Å². The van der Waals surface area contributed by atoms with E-state index in [2.05, 4.69) is 95.1 Å². The van der Waals surface area contributed by atoms with Crippen molar-refractivity contribution in [1.29, 1.82) is 0 Å². The molecule has 0 radical (unpaired) electrons. The van der Waals surface area contributed by atoms with Crippen molar-refractivity contribution in [2.24, 2.45) is 0 Å². The quantitative estimate of drug-likeness (QED) is 0.605. The van der Waals surface area contributed by atoms with Crippen LogP contribution >= 0.6 is 0 Å². The van der Waals surface area contributed by atoms with Gasteiger partial charge in [0, 0.05) is 6.54 Å². The van der Waals surface area contributed by atoms with Gasteiger partial charge in [-0.25, -0.2) is 0 Å². The monoisotopic (exact) mass is 354 g/mol. The molecular weight excluding hydrogens is 328 g/mol. The molecule has 1 aliphatic heterocycles. The van der Waals surface area contributed by atoms with Crippen LogP contribution in [-0.4, -0.2) is 5.54 Å². The summed E-state index contributed by atoms with van der Waals surface area (Å²) in [4.78, 5) is 2.71. The van der Waals surface area contributed by atoms with Crippen LogP contribution in [0.25, 0.3) is 0 Å².